The largest absolute Gasteiger partial charge is 0.493 e. The van der Waals surface area contributed by atoms with Crippen LogP contribution in [0.5, 0.6) is 11.5 Å². The highest BCUT2D eigenvalue weighted by Gasteiger charge is 2.05. The third-order valence-corrected chi connectivity index (χ3v) is 4.19. The number of methoxy groups -OCH3 is 1. The normalized spacial score (nSPS) is 10.8. The van der Waals surface area contributed by atoms with Crippen molar-refractivity contribution < 1.29 is 14.3 Å². The molecular formula is C23H29NO3. The van der Waals surface area contributed by atoms with Gasteiger partial charge >= 0.3 is 0 Å². The fourth-order valence-corrected chi connectivity index (χ4v) is 2.61. The molecule has 0 saturated carbocycles. The first-order valence-corrected chi connectivity index (χ1v) is 9.49. The average molecular weight is 367 g/mol. The summed E-state index contributed by atoms with van der Waals surface area (Å²) in [4.78, 5) is 12.1. The van der Waals surface area contributed by atoms with E-state index in [1.165, 1.54) is 25.3 Å². The highest BCUT2D eigenvalue weighted by Crippen LogP contribution is 2.28. The van der Waals surface area contributed by atoms with Crippen molar-refractivity contribution in [2.45, 2.75) is 39.5 Å². The number of carbonyl (C=O) groups is 1. The number of anilines is 1. The van der Waals surface area contributed by atoms with Gasteiger partial charge in [-0.05, 0) is 49.2 Å². The third kappa shape index (κ3) is 7.18. The van der Waals surface area contributed by atoms with E-state index >= 15 is 0 Å². The zero-order chi connectivity index (χ0) is 19.5. The van der Waals surface area contributed by atoms with E-state index in [0.29, 0.717) is 12.4 Å². The number of rotatable bonds is 10. The van der Waals surface area contributed by atoms with E-state index in [9.17, 15) is 4.79 Å². The van der Waals surface area contributed by atoms with Gasteiger partial charge in [-0.1, -0.05) is 49.9 Å². The van der Waals surface area contributed by atoms with E-state index < -0.39 is 0 Å². The Bertz CT molecular complexity index is 751. The molecule has 0 aromatic heterocycles. The Balaban J connectivity index is 1.92. The Hall–Kier alpha value is -2.75. The van der Waals surface area contributed by atoms with Crippen LogP contribution in [0, 0.1) is 6.92 Å². The molecule has 0 unspecified atom stereocenters. The van der Waals surface area contributed by atoms with Crippen LogP contribution in [0.15, 0.2) is 48.5 Å². The molecule has 0 spiro atoms. The molecule has 0 saturated heterocycles. The lowest BCUT2D eigenvalue weighted by molar-refractivity contribution is -0.111. The van der Waals surface area contributed by atoms with Gasteiger partial charge in [0.25, 0.3) is 0 Å². The van der Waals surface area contributed by atoms with Crippen molar-refractivity contribution in [3.63, 3.8) is 0 Å². The van der Waals surface area contributed by atoms with Crippen LogP contribution >= 0.6 is 0 Å². The van der Waals surface area contributed by atoms with Crippen molar-refractivity contribution >= 4 is 17.7 Å². The molecule has 1 N–H and O–H groups in total. The van der Waals surface area contributed by atoms with E-state index in [1.807, 2.05) is 49.4 Å². The van der Waals surface area contributed by atoms with Crippen LogP contribution in [0.4, 0.5) is 5.69 Å². The van der Waals surface area contributed by atoms with Crippen molar-refractivity contribution in [2.24, 2.45) is 0 Å². The maximum Gasteiger partial charge on any atom is 0.248 e. The van der Waals surface area contributed by atoms with E-state index in [0.717, 1.165) is 29.0 Å². The van der Waals surface area contributed by atoms with Gasteiger partial charge in [-0.3, -0.25) is 4.79 Å². The van der Waals surface area contributed by atoms with Crippen LogP contribution in [0.1, 0.15) is 43.7 Å². The molecule has 2 rings (SSSR count). The number of unbranched alkanes of at least 4 members (excludes halogenated alkanes) is 3. The molecule has 27 heavy (non-hydrogen) atoms. The summed E-state index contributed by atoms with van der Waals surface area (Å²) in [5.74, 6) is 1.23. The topological polar surface area (TPSA) is 47.6 Å². The Kier molecular flexibility index (Phi) is 8.43. The second kappa shape index (κ2) is 11.1. The van der Waals surface area contributed by atoms with Crippen LogP contribution in [-0.4, -0.2) is 19.6 Å². The molecule has 2 aromatic carbocycles. The zero-order valence-electron chi connectivity index (χ0n) is 16.5. The van der Waals surface area contributed by atoms with Gasteiger partial charge < -0.3 is 14.8 Å². The molecule has 144 valence electrons. The molecule has 0 heterocycles. The second-order valence-corrected chi connectivity index (χ2v) is 6.51. The first-order chi connectivity index (χ1) is 13.1. The van der Waals surface area contributed by atoms with Gasteiger partial charge in [0.15, 0.2) is 11.5 Å². The lowest BCUT2D eigenvalue weighted by Gasteiger charge is -2.11. The van der Waals surface area contributed by atoms with Gasteiger partial charge in [0.1, 0.15) is 0 Å². The fraction of sp³-hybridized carbons (Fsp3) is 0.348. The number of ether oxygens (including phenoxy) is 2. The number of carbonyl (C=O) groups excluding carboxylic acids is 1. The minimum atomic E-state index is -0.172. The Labute approximate surface area is 162 Å². The molecule has 0 aliphatic heterocycles. The van der Waals surface area contributed by atoms with Crippen molar-refractivity contribution in [1.82, 2.24) is 0 Å². The van der Waals surface area contributed by atoms with Gasteiger partial charge in [0.05, 0.1) is 13.7 Å². The quantitative estimate of drug-likeness (QED) is 0.438. The Morgan fingerprint density at radius 1 is 1.04 bits per heavy atom. The van der Waals surface area contributed by atoms with E-state index in [1.54, 1.807) is 13.2 Å². The summed E-state index contributed by atoms with van der Waals surface area (Å²) in [6.45, 7) is 4.89. The molecule has 0 aliphatic carbocycles. The third-order valence-electron chi connectivity index (χ3n) is 4.19. The van der Waals surface area contributed by atoms with Gasteiger partial charge in [-0.15, -0.1) is 0 Å². The Morgan fingerprint density at radius 3 is 2.52 bits per heavy atom. The lowest BCUT2D eigenvalue weighted by Crippen LogP contribution is -2.07. The van der Waals surface area contributed by atoms with Gasteiger partial charge in [0, 0.05) is 11.8 Å². The van der Waals surface area contributed by atoms with Gasteiger partial charge in [-0.25, -0.2) is 0 Å². The van der Waals surface area contributed by atoms with Gasteiger partial charge in [0.2, 0.25) is 5.91 Å². The number of hydrogen-bond acceptors (Lipinski definition) is 3. The van der Waals surface area contributed by atoms with Crippen LogP contribution in [-0.2, 0) is 4.79 Å². The van der Waals surface area contributed by atoms with Crippen molar-refractivity contribution in [3.05, 3.63) is 59.7 Å². The van der Waals surface area contributed by atoms with Crippen molar-refractivity contribution in [1.29, 1.82) is 0 Å². The monoisotopic (exact) mass is 367 g/mol. The molecule has 0 atom stereocenters. The summed E-state index contributed by atoms with van der Waals surface area (Å²) in [5.41, 5.74) is 2.81. The molecule has 1 amide bonds. The zero-order valence-corrected chi connectivity index (χ0v) is 16.5. The second-order valence-electron chi connectivity index (χ2n) is 6.51. The molecule has 0 aliphatic rings. The molecule has 0 bridgehead atoms. The van der Waals surface area contributed by atoms with E-state index in [-0.39, 0.29) is 5.91 Å². The summed E-state index contributed by atoms with van der Waals surface area (Å²) in [5, 5.41) is 2.84. The van der Waals surface area contributed by atoms with Crippen molar-refractivity contribution in [2.75, 3.05) is 19.0 Å². The molecule has 4 nitrogen and oxygen atoms in total. The predicted octanol–water partition coefficient (Wildman–Crippen LogP) is 5.61. The average Bonchev–Trinajstić information content (AvgIpc) is 2.68. The predicted molar refractivity (Wildman–Crippen MR) is 111 cm³/mol. The lowest BCUT2D eigenvalue weighted by atomic mass is 10.2. The smallest absolute Gasteiger partial charge is 0.248 e. The first kappa shape index (κ1) is 20.6. The highest BCUT2D eigenvalue weighted by molar-refractivity contribution is 6.01. The highest BCUT2D eigenvalue weighted by atomic mass is 16.5. The standard InChI is InChI=1S/C23H29NO3/c1-4-5-6-7-16-27-21-14-10-19(17-22(21)26-3)11-15-23(25)24-20-12-8-18(2)9-13-20/h8-15,17H,4-7,16H2,1-3H3,(H,24,25). The molecule has 0 fully saturated rings. The number of hydrogen-bond donors (Lipinski definition) is 1. The SMILES string of the molecule is CCCCCCOc1ccc(C=CC(=O)Nc2ccc(C)cc2)cc1OC. The van der Waals surface area contributed by atoms with Crippen LogP contribution in [0.3, 0.4) is 0 Å². The number of aryl methyl sites for hydroxylation is 1. The van der Waals surface area contributed by atoms with Crippen LogP contribution in [0.2, 0.25) is 0 Å². The number of amides is 1. The summed E-state index contributed by atoms with van der Waals surface area (Å²) in [6.07, 6.45) is 7.93. The van der Waals surface area contributed by atoms with E-state index in [4.69, 9.17) is 9.47 Å². The summed E-state index contributed by atoms with van der Waals surface area (Å²) in [7, 11) is 1.62. The molecule has 4 heteroatoms. The maximum absolute atomic E-state index is 12.1. The maximum atomic E-state index is 12.1. The number of nitrogens with one attached hydrogen (secondary N) is 1. The van der Waals surface area contributed by atoms with Crippen molar-refractivity contribution in [3.8, 4) is 11.5 Å². The van der Waals surface area contributed by atoms with Gasteiger partial charge in [-0.2, -0.15) is 0 Å². The minimum Gasteiger partial charge on any atom is -0.493 e. The summed E-state index contributed by atoms with van der Waals surface area (Å²) >= 11 is 0. The molecule has 0 radical (unpaired) electrons. The minimum absolute atomic E-state index is 0.172. The van der Waals surface area contributed by atoms with E-state index in [2.05, 4.69) is 12.2 Å². The Morgan fingerprint density at radius 2 is 1.81 bits per heavy atom. The number of benzene rings is 2. The van der Waals surface area contributed by atoms with Crippen LogP contribution < -0.4 is 14.8 Å². The fourth-order valence-electron chi connectivity index (χ4n) is 2.61. The molecular weight excluding hydrogens is 338 g/mol. The summed E-state index contributed by atoms with van der Waals surface area (Å²) in [6, 6.07) is 13.4. The van der Waals surface area contributed by atoms with Crippen LogP contribution in [0.25, 0.3) is 6.08 Å². The molecule has 2 aromatic rings. The summed E-state index contributed by atoms with van der Waals surface area (Å²) < 4.78 is 11.2. The first-order valence-electron chi connectivity index (χ1n) is 9.49.